The first kappa shape index (κ1) is 12.9. The van der Waals surface area contributed by atoms with Crippen molar-refractivity contribution in [2.24, 2.45) is 0 Å². The minimum absolute atomic E-state index is 0.0934. The molecule has 2 rings (SSSR count). The minimum Gasteiger partial charge on any atom is -0.495 e. The first-order valence-electron chi connectivity index (χ1n) is 5.77. The van der Waals surface area contributed by atoms with Crippen LogP contribution < -0.4 is 20.5 Å². The van der Waals surface area contributed by atoms with Crippen molar-refractivity contribution < 1.29 is 9.47 Å². The molecule has 0 spiro atoms. The number of anilines is 3. The number of hydrogen-bond acceptors (Lipinski definition) is 7. The number of nitrogens with two attached hydrogens (primary N) is 1. The van der Waals surface area contributed by atoms with Crippen molar-refractivity contribution in [2.75, 3.05) is 24.8 Å². The molecule has 0 bridgehead atoms. The summed E-state index contributed by atoms with van der Waals surface area (Å²) in [4.78, 5) is 12.0. The molecule has 0 fully saturated rings. The van der Waals surface area contributed by atoms with E-state index in [2.05, 4.69) is 20.3 Å². The third-order valence-electron chi connectivity index (χ3n) is 2.26. The Morgan fingerprint density at radius 1 is 1.21 bits per heavy atom. The van der Waals surface area contributed by atoms with E-state index in [4.69, 9.17) is 15.2 Å². The summed E-state index contributed by atoms with van der Waals surface area (Å²) >= 11 is 0. The maximum Gasteiger partial charge on any atom is 0.323 e. The summed E-state index contributed by atoms with van der Waals surface area (Å²) in [5, 5.41) is 3.02. The van der Waals surface area contributed by atoms with Gasteiger partial charge >= 0.3 is 6.01 Å². The molecule has 0 aliphatic heterocycles. The van der Waals surface area contributed by atoms with Crippen LogP contribution in [0.5, 0.6) is 11.8 Å². The molecule has 0 atom stereocenters. The van der Waals surface area contributed by atoms with Gasteiger partial charge < -0.3 is 20.5 Å². The summed E-state index contributed by atoms with van der Waals surface area (Å²) < 4.78 is 10.4. The number of nitrogens with zero attached hydrogens (tertiary/aromatic N) is 3. The number of ether oxygens (including phenoxy) is 2. The van der Waals surface area contributed by atoms with E-state index < -0.39 is 0 Å². The average Bonchev–Trinajstić information content (AvgIpc) is 2.39. The maximum absolute atomic E-state index is 5.60. The molecule has 0 aliphatic rings. The molecule has 0 saturated heterocycles. The molecule has 100 valence electrons. The quantitative estimate of drug-likeness (QED) is 0.844. The van der Waals surface area contributed by atoms with Crippen LogP contribution in [0.4, 0.5) is 17.6 Å². The molecule has 0 unspecified atom stereocenters. The molecule has 1 aromatic carbocycles. The Labute approximate surface area is 110 Å². The SMILES string of the molecule is CCOc1nc(N)nc(Nc2ccccc2OC)n1. The van der Waals surface area contributed by atoms with Gasteiger partial charge in [0.15, 0.2) is 0 Å². The van der Waals surface area contributed by atoms with Gasteiger partial charge in [-0.3, -0.25) is 0 Å². The van der Waals surface area contributed by atoms with Gasteiger partial charge in [0.25, 0.3) is 0 Å². The van der Waals surface area contributed by atoms with E-state index in [9.17, 15) is 0 Å². The van der Waals surface area contributed by atoms with E-state index in [0.717, 1.165) is 5.69 Å². The lowest BCUT2D eigenvalue weighted by atomic mass is 10.3. The van der Waals surface area contributed by atoms with Crippen LogP contribution in [-0.2, 0) is 0 Å². The second kappa shape index (κ2) is 5.85. The van der Waals surface area contributed by atoms with Crippen LogP contribution in [0, 0.1) is 0 Å². The first-order valence-corrected chi connectivity index (χ1v) is 5.77. The number of para-hydroxylation sites is 2. The van der Waals surface area contributed by atoms with Crippen LogP contribution in [0.3, 0.4) is 0 Å². The van der Waals surface area contributed by atoms with Gasteiger partial charge in [0.1, 0.15) is 5.75 Å². The summed E-state index contributed by atoms with van der Waals surface area (Å²) in [6.07, 6.45) is 0. The van der Waals surface area contributed by atoms with Gasteiger partial charge in [-0.25, -0.2) is 0 Å². The number of methoxy groups -OCH3 is 1. The largest absolute Gasteiger partial charge is 0.495 e. The molecule has 0 amide bonds. The fourth-order valence-corrected chi connectivity index (χ4v) is 1.49. The topological polar surface area (TPSA) is 95.2 Å². The Hall–Kier alpha value is -2.57. The monoisotopic (exact) mass is 261 g/mol. The van der Waals surface area contributed by atoms with Gasteiger partial charge in [0.05, 0.1) is 19.4 Å². The van der Waals surface area contributed by atoms with Crippen molar-refractivity contribution in [3.8, 4) is 11.8 Å². The number of hydrogen-bond donors (Lipinski definition) is 2. The lowest BCUT2D eigenvalue weighted by Crippen LogP contribution is -2.07. The molecule has 2 aromatic rings. The predicted molar refractivity (Wildman–Crippen MR) is 71.7 cm³/mol. The average molecular weight is 261 g/mol. The Morgan fingerprint density at radius 2 is 2.00 bits per heavy atom. The van der Waals surface area contributed by atoms with Crippen molar-refractivity contribution >= 4 is 17.6 Å². The van der Waals surface area contributed by atoms with E-state index in [1.165, 1.54) is 0 Å². The number of nitrogens with one attached hydrogen (secondary N) is 1. The zero-order valence-electron chi connectivity index (χ0n) is 10.8. The van der Waals surface area contributed by atoms with E-state index in [1.807, 2.05) is 31.2 Å². The van der Waals surface area contributed by atoms with E-state index in [-0.39, 0.29) is 12.0 Å². The highest BCUT2D eigenvalue weighted by molar-refractivity contribution is 5.62. The summed E-state index contributed by atoms with van der Waals surface area (Å²) in [6.45, 7) is 2.30. The summed E-state index contributed by atoms with van der Waals surface area (Å²) in [7, 11) is 1.59. The van der Waals surface area contributed by atoms with Crippen molar-refractivity contribution in [1.29, 1.82) is 0 Å². The maximum atomic E-state index is 5.60. The molecule has 7 heteroatoms. The minimum atomic E-state index is 0.0934. The summed E-state index contributed by atoms with van der Waals surface area (Å²) in [6, 6.07) is 7.61. The standard InChI is InChI=1S/C12H15N5O2/c1-3-19-12-16-10(13)15-11(17-12)14-8-6-4-5-7-9(8)18-2/h4-7H,3H2,1-2H3,(H3,13,14,15,16,17). The van der Waals surface area contributed by atoms with E-state index >= 15 is 0 Å². The van der Waals surface area contributed by atoms with Crippen LogP contribution in [0.2, 0.25) is 0 Å². The Morgan fingerprint density at radius 3 is 2.74 bits per heavy atom. The predicted octanol–water partition coefficient (Wildman–Crippen LogP) is 1.60. The molecule has 3 N–H and O–H groups in total. The lowest BCUT2D eigenvalue weighted by Gasteiger charge is -2.10. The highest BCUT2D eigenvalue weighted by atomic mass is 16.5. The second-order valence-electron chi connectivity index (χ2n) is 3.56. The van der Waals surface area contributed by atoms with Gasteiger partial charge in [0.2, 0.25) is 11.9 Å². The molecule has 0 aliphatic carbocycles. The molecule has 1 aromatic heterocycles. The smallest absolute Gasteiger partial charge is 0.323 e. The van der Waals surface area contributed by atoms with Crippen molar-refractivity contribution in [1.82, 2.24) is 15.0 Å². The van der Waals surface area contributed by atoms with Gasteiger partial charge in [-0.2, -0.15) is 15.0 Å². The van der Waals surface area contributed by atoms with Crippen LogP contribution in [0.1, 0.15) is 6.92 Å². The van der Waals surface area contributed by atoms with Crippen LogP contribution >= 0.6 is 0 Å². The zero-order valence-corrected chi connectivity index (χ0v) is 10.8. The van der Waals surface area contributed by atoms with Gasteiger partial charge in [-0.15, -0.1) is 0 Å². The Bertz CT molecular complexity index is 562. The number of rotatable bonds is 5. The second-order valence-corrected chi connectivity index (χ2v) is 3.56. The molecule has 19 heavy (non-hydrogen) atoms. The number of benzene rings is 1. The fourth-order valence-electron chi connectivity index (χ4n) is 1.49. The van der Waals surface area contributed by atoms with Gasteiger partial charge in [-0.1, -0.05) is 12.1 Å². The molecule has 0 saturated carbocycles. The van der Waals surface area contributed by atoms with Gasteiger partial charge in [0, 0.05) is 0 Å². The summed E-state index contributed by atoms with van der Waals surface area (Å²) in [5.41, 5.74) is 6.33. The van der Waals surface area contributed by atoms with E-state index in [1.54, 1.807) is 7.11 Å². The lowest BCUT2D eigenvalue weighted by molar-refractivity contribution is 0.312. The highest BCUT2D eigenvalue weighted by Crippen LogP contribution is 2.26. The number of aromatic nitrogens is 3. The Balaban J connectivity index is 2.27. The summed E-state index contributed by atoms with van der Waals surface area (Å²) in [5.74, 6) is 1.08. The third kappa shape index (κ3) is 3.21. The zero-order chi connectivity index (χ0) is 13.7. The third-order valence-corrected chi connectivity index (χ3v) is 2.26. The molecule has 0 radical (unpaired) electrons. The van der Waals surface area contributed by atoms with Crippen LogP contribution in [0.25, 0.3) is 0 Å². The normalized spacial score (nSPS) is 10.0. The van der Waals surface area contributed by atoms with Gasteiger partial charge in [-0.05, 0) is 19.1 Å². The number of nitrogen functional groups attached to an aromatic ring is 1. The van der Waals surface area contributed by atoms with Crippen LogP contribution in [-0.4, -0.2) is 28.7 Å². The van der Waals surface area contributed by atoms with Crippen molar-refractivity contribution in [3.05, 3.63) is 24.3 Å². The molecular weight excluding hydrogens is 246 g/mol. The molecular formula is C12H15N5O2. The molecule has 1 heterocycles. The Kier molecular flexibility index (Phi) is 3.97. The molecule has 7 nitrogen and oxygen atoms in total. The first-order chi connectivity index (χ1) is 9.22. The van der Waals surface area contributed by atoms with Crippen molar-refractivity contribution in [3.63, 3.8) is 0 Å². The van der Waals surface area contributed by atoms with Crippen LogP contribution in [0.15, 0.2) is 24.3 Å². The van der Waals surface area contributed by atoms with E-state index in [0.29, 0.717) is 18.3 Å². The van der Waals surface area contributed by atoms with Crippen molar-refractivity contribution in [2.45, 2.75) is 6.92 Å². The highest BCUT2D eigenvalue weighted by Gasteiger charge is 2.08. The fraction of sp³-hybridized carbons (Fsp3) is 0.250.